The second kappa shape index (κ2) is 7.26. The van der Waals surface area contributed by atoms with E-state index < -0.39 is 0 Å². The largest absolute Gasteiger partial charge is 0.392 e. The summed E-state index contributed by atoms with van der Waals surface area (Å²) in [5, 5.41) is 12.6. The molecule has 0 aromatic heterocycles. The number of nitrogens with one attached hydrogen (secondary N) is 1. The molecule has 2 N–H and O–H groups in total. The van der Waals surface area contributed by atoms with E-state index in [4.69, 9.17) is 4.74 Å². The fourth-order valence-electron chi connectivity index (χ4n) is 2.32. The number of hydrogen-bond donors (Lipinski definition) is 2. The van der Waals surface area contributed by atoms with E-state index in [0.29, 0.717) is 32.7 Å². The van der Waals surface area contributed by atoms with Crippen LogP contribution in [0.1, 0.15) is 18.9 Å². The van der Waals surface area contributed by atoms with Crippen molar-refractivity contribution >= 4 is 11.6 Å². The second-order valence-corrected chi connectivity index (χ2v) is 5.06. The van der Waals surface area contributed by atoms with Crippen molar-refractivity contribution in [2.24, 2.45) is 0 Å². The van der Waals surface area contributed by atoms with Crippen LogP contribution < -0.4 is 5.32 Å². The normalized spacial score (nSPS) is 16.8. The van der Waals surface area contributed by atoms with Gasteiger partial charge in [-0.05, 0) is 13.0 Å². The standard InChI is InChI=1S/C15H22N2O3/c1-12(10-15(19)17-6-8-20-9-7-17)16-14-5-3-2-4-13(14)11-18/h2-5,12,16,18H,6-11H2,1H3. The predicted molar refractivity (Wildman–Crippen MR) is 77.5 cm³/mol. The van der Waals surface area contributed by atoms with Crippen LogP contribution in [0.5, 0.6) is 0 Å². The zero-order valence-corrected chi connectivity index (χ0v) is 11.8. The molecule has 1 aliphatic rings. The number of aliphatic hydroxyl groups excluding tert-OH is 1. The van der Waals surface area contributed by atoms with E-state index in [2.05, 4.69) is 5.32 Å². The van der Waals surface area contributed by atoms with Crippen molar-refractivity contribution < 1.29 is 14.6 Å². The fraction of sp³-hybridized carbons (Fsp3) is 0.533. The number of ether oxygens (including phenoxy) is 1. The maximum Gasteiger partial charge on any atom is 0.224 e. The van der Waals surface area contributed by atoms with Crippen molar-refractivity contribution in [1.82, 2.24) is 4.90 Å². The molecule has 1 heterocycles. The highest BCUT2D eigenvalue weighted by Crippen LogP contribution is 2.17. The molecule has 0 radical (unpaired) electrons. The third kappa shape index (κ3) is 3.95. The first-order chi connectivity index (χ1) is 9.70. The molecule has 20 heavy (non-hydrogen) atoms. The molecular weight excluding hydrogens is 256 g/mol. The van der Waals surface area contributed by atoms with Gasteiger partial charge in [0.1, 0.15) is 0 Å². The van der Waals surface area contributed by atoms with Crippen LogP contribution in [-0.4, -0.2) is 48.3 Å². The van der Waals surface area contributed by atoms with Gasteiger partial charge in [0.05, 0.1) is 19.8 Å². The number of amides is 1. The van der Waals surface area contributed by atoms with E-state index in [9.17, 15) is 9.90 Å². The minimum Gasteiger partial charge on any atom is -0.392 e. The number of nitrogens with zero attached hydrogens (tertiary/aromatic N) is 1. The number of aliphatic hydroxyl groups is 1. The number of benzene rings is 1. The van der Waals surface area contributed by atoms with Gasteiger partial charge < -0.3 is 20.1 Å². The van der Waals surface area contributed by atoms with Crippen LogP contribution in [0.25, 0.3) is 0 Å². The Morgan fingerprint density at radius 3 is 2.80 bits per heavy atom. The lowest BCUT2D eigenvalue weighted by atomic mass is 10.1. The summed E-state index contributed by atoms with van der Waals surface area (Å²) in [7, 11) is 0. The molecular formula is C15H22N2O3. The first-order valence-corrected chi connectivity index (χ1v) is 7.01. The van der Waals surface area contributed by atoms with E-state index in [1.54, 1.807) is 0 Å². The lowest BCUT2D eigenvalue weighted by Gasteiger charge is -2.28. The second-order valence-electron chi connectivity index (χ2n) is 5.06. The Morgan fingerprint density at radius 2 is 2.10 bits per heavy atom. The summed E-state index contributed by atoms with van der Waals surface area (Å²) in [6.45, 7) is 4.58. The minimum absolute atomic E-state index is 0.00664. The average molecular weight is 278 g/mol. The molecule has 2 rings (SSSR count). The Balaban J connectivity index is 1.88. The van der Waals surface area contributed by atoms with Gasteiger partial charge in [-0.3, -0.25) is 4.79 Å². The number of carbonyl (C=O) groups excluding carboxylic acids is 1. The molecule has 1 aliphatic heterocycles. The summed E-state index contributed by atoms with van der Waals surface area (Å²) >= 11 is 0. The van der Waals surface area contributed by atoms with Crippen molar-refractivity contribution in [3.8, 4) is 0 Å². The van der Waals surface area contributed by atoms with Crippen LogP contribution in [0.4, 0.5) is 5.69 Å². The lowest BCUT2D eigenvalue weighted by Crippen LogP contribution is -2.42. The first kappa shape index (κ1) is 14.8. The summed E-state index contributed by atoms with van der Waals surface area (Å²) in [6, 6.07) is 7.62. The molecule has 110 valence electrons. The van der Waals surface area contributed by atoms with Crippen LogP contribution in [0.3, 0.4) is 0 Å². The number of carbonyl (C=O) groups is 1. The number of rotatable bonds is 5. The highest BCUT2D eigenvalue weighted by molar-refractivity contribution is 5.77. The Hall–Kier alpha value is -1.59. The molecule has 0 aliphatic carbocycles. The minimum atomic E-state index is -0.00664. The number of anilines is 1. The SMILES string of the molecule is CC(CC(=O)N1CCOCC1)Nc1ccccc1CO. The number of hydrogen-bond acceptors (Lipinski definition) is 4. The summed E-state index contributed by atoms with van der Waals surface area (Å²) in [4.78, 5) is 14.0. The van der Waals surface area contributed by atoms with Crippen molar-refractivity contribution in [3.05, 3.63) is 29.8 Å². The molecule has 1 aromatic carbocycles. The lowest BCUT2D eigenvalue weighted by molar-refractivity contribution is -0.135. The Kier molecular flexibility index (Phi) is 5.38. The number of para-hydroxylation sites is 1. The molecule has 0 bridgehead atoms. The molecule has 1 saturated heterocycles. The smallest absolute Gasteiger partial charge is 0.224 e. The van der Waals surface area contributed by atoms with Crippen LogP contribution in [-0.2, 0) is 16.1 Å². The van der Waals surface area contributed by atoms with Gasteiger partial charge >= 0.3 is 0 Å². The molecule has 1 fully saturated rings. The Morgan fingerprint density at radius 1 is 1.40 bits per heavy atom. The van der Waals surface area contributed by atoms with Gasteiger partial charge in [0, 0.05) is 36.8 Å². The van der Waals surface area contributed by atoms with Crippen molar-refractivity contribution in [1.29, 1.82) is 0 Å². The van der Waals surface area contributed by atoms with Gasteiger partial charge in [-0.1, -0.05) is 18.2 Å². The van der Waals surface area contributed by atoms with E-state index in [1.165, 1.54) is 0 Å². The van der Waals surface area contributed by atoms with Crippen LogP contribution in [0, 0.1) is 0 Å². The highest BCUT2D eigenvalue weighted by Gasteiger charge is 2.19. The maximum absolute atomic E-state index is 12.1. The summed E-state index contributed by atoms with van der Waals surface area (Å²) in [6.07, 6.45) is 0.444. The molecule has 0 spiro atoms. The zero-order chi connectivity index (χ0) is 14.4. The summed E-state index contributed by atoms with van der Waals surface area (Å²) < 4.78 is 5.24. The van der Waals surface area contributed by atoms with Crippen LogP contribution in [0.15, 0.2) is 24.3 Å². The van der Waals surface area contributed by atoms with E-state index in [0.717, 1.165) is 11.3 Å². The first-order valence-electron chi connectivity index (χ1n) is 7.01. The van der Waals surface area contributed by atoms with Gasteiger partial charge in [-0.25, -0.2) is 0 Å². The number of morpholine rings is 1. The molecule has 1 atom stereocenters. The molecule has 1 aromatic rings. The van der Waals surface area contributed by atoms with E-state index in [1.807, 2.05) is 36.1 Å². The predicted octanol–water partition coefficient (Wildman–Crippen LogP) is 1.23. The quantitative estimate of drug-likeness (QED) is 0.850. The average Bonchev–Trinajstić information content (AvgIpc) is 2.48. The third-order valence-electron chi connectivity index (χ3n) is 3.43. The van der Waals surface area contributed by atoms with E-state index >= 15 is 0 Å². The van der Waals surface area contributed by atoms with Gasteiger partial charge in [-0.2, -0.15) is 0 Å². The van der Waals surface area contributed by atoms with Gasteiger partial charge in [0.25, 0.3) is 0 Å². The molecule has 5 nitrogen and oxygen atoms in total. The fourth-order valence-corrected chi connectivity index (χ4v) is 2.32. The molecule has 5 heteroatoms. The monoisotopic (exact) mass is 278 g/mol. The van der Waals surface area contributed by atoms with Crippen LogP contribution in [0.2, 0.25) is 0 Å². The van der Waals surface area contributed by atoms with Crippen LogP contribution >= 0.6 is 0 Å². The van der Waals surface area contributed by atoms with Gasteiger partial charge in [0.15, 0.2) is 0 Å². The third-order valence-corrected chi connectivity index (χ3v) is 3.43. The summed E-state index contributed by atoms with van der Waals surface area (Å²) in [5.74, 6) is 0.148. The zero-order valence-electron chi connectivity index (χ0n) is 11.8. The van der Waals surface area contributed by atoms with Gasteiger partial charge in [-0.15, -0.1) is 0 Å². The van der Waals surface area contributed by atoms with Crippen molar-refractivity contribution in [2.45, 2.75) is 26.0 Å². The highest BCUT2D eigenvalue weighted by atomic mass is 16.5. The Labute approximate surface area is 119 Å². The van der Waals surface area contributed by atoms with Gasteiger partial charge in [0.2, 0.25) is 5.91 Å². The Bertz CT molecular complexity index is 444. The van der Waals surface area contributed by atoms with Crippen molar-refractivity contribution in [3.63, 3.8) is 0 Å². The summed E-state index contributed by atoms with van der Waals surface area (Å²) in [5.41, 5.74) is 1.73. The molecule has 1 amide bonds. The van der Waals surface area contributed by atoms with Crippen molar-refractivity contribution in [2.75, 3.05) is 31.6 Å². The molecule has 0 saturated carbocycles. The van der Waals surface area contributed by atoms with E-state index in [-0.39, 0.29) is 18.6 Å². The molecule has 1 unspecified atom stereocenters. The topological polar surface area (TPSA) is 61.8 Å². The maximum atomic E-state index is 12.1.